The van der Waals surface area contributed by atoms with Crippen molar-refractivity contribution in [1.29, 1.82) is 0 Å². The van der Waals surface area contributed by atoms with E-state index in [4.69, 9.17) is 10.5 Å². The fourth-order valence-corrected chi connectivity index (χ4v) is 3.54. The largest absolute Gasteiger partial charge is 0.573 e. The number of halogens is 5. The molecule has 32 heavy (non-hydrogen) atoms. The van der Waals surface area contributed by atoms with E-state index in [0.29, 0.717) is 10.2 Å². The Morgan fingerprint density at radius 3 is 2.53 bits per heavy atom. The Morgan fingerprint density at radius 2 is 1.94 bits per heavy atom. The van der Waals surface area contributed by atoms with Crippen molar-refractivity contribution in [3.8, 4) is 11.5 Å². The maximum Gasteiger partial charge on any atom is 0.573 e. The van der Waals surface area contributed by atoms with Crippen LogP contribution in [0.1, 0.15) is 22.3 Å². The first-order valence-corrected chi connectivity index (χ1v) is 10.2. The zero-order valence-electron chi connectivity index (χ0n) is 16.4. The van der Waals surface area contributed by atoms with Crippen LogP contribution >= 0.6 is 15.9 Å². The average Bonchev–Trinajstić information content (AvgIpc) is 2.70. The van der Waals surface area contributed by atoms with Crippen LogP contribution < -0.4 is 15.2 Å². The Morgan fingerprint density at radius 1 is 1.25 bits per heavy atom. The highest BCUT2D eigenvalue weighted by molar-refractivity contribution is 9.10. The number of aromatic nitrogens is 1. The van der Waals surface area contributed by atoms with E-state index in [1.165, 1.54) is 29.3 Å². The van der Waals surface area contributed by atoms with Crippen LogP contribution in [0.2, 0.25) is 0 Å². The van der Waals surface area contributed by atoms with Crippen LogP contribution in [0.25, 0.3) is 0 Å². The van der Waals surface area contributed by atoms with Crippen LogP contribution in [0.4, 0.5) is 17.6 Å². The number of amides is 2. The molecule has 2 atom stereocenters. The summed E-state index contributed by atoms with van der Waals surface area (Å²) in [5, 5.41) is 0. The van der Waals surface area contributed by atoms with Crippen molar-refractivity contribution >= 4 is 27.7 Å². The minimum atomic E-state index is -4.80. The molecular weight excluding hydrogens is 502 g/mol. The van der Waals surface area contributed by atoms with Gasteiger partial charge in [-0.2, -0.15) is 0 Å². The molecule has 2 aromatic rings. The number of hydrogen-bond donors (Lipinski definition) is 1. The van der Waals surface area contributed by atoms with Crippen molar-refractivity contribution in [3.05, 3.63) is 52.3 Å². The first-order valence-electron chi connectivity index (χ1n) is 9.40. The Kier molecular flexibility index (Phi) is 7.22. The zero-order valence-corrected chi connectivity index (χ0v) is 18.0. The molecule has 7 nitrogen and oxygen atoms in total. The predicted molar refractivity (Wildman–Crippen MR) is 108 cm³/mol. The first kappa shape index (κ1) is 23.8. The molecule has 1 aromatic heterocycles. The fraction of sp³-hybridized carbons (Fsp3) is 0.350. The van der Waals surface area contributed by atoms with Gasteiger partial charge in [-0.05, 0) is 39.7 Å². The lowest BCUT2D eigenvalue weighted by atomic mass is 10.0. The Hall–Kier alpha value is -2.89. The van der Waals surface area contributed by atoms with E-state index < -0.39 is 30.3 Å². The van der Waals surface area contributed by atoms with Gasteiger partial charge in [0.1, 0.15) is 16.5 Å². The number of alkyl halides is 4. The summed E-state index contributed by atoms with van der Waals surface area (Å²) in [7, 11) is 0. The molecule has 1 aromatic carbocycles. The third kappa shape index (κ3) is 6.31. The molecule has 2 amide bonds. The molecule has 0 unspecified atom stereocenters. The van der Waals surface area contributed by atoms with E-state index in [9.17, 15) is 27.2 Å². The summed E-state index contributed by atoms with van der Waals surface area (Å²) in [6.45, 7) is -0.0241. The molecule has 12 heteroatoms. The lowest BCUT2D eigenvalue weighted by molar-refractivity contribution is -0.274. The van der Waals surface area contributed by atoms with E-state index in [1.54, 1.807) is 0 Å². The fourth-order valence-electron chi connectivity index (χ4n) is 3.20. The van der Waals surface area contributed by atoms with Crippen LogP contribution in [0.15, 0.2) is 41.1 Å². The topological polar surface area (TPSA) is 94.8 Å². The van der Waals surface area contributed by atoms with Gasteiger partial charge in [-0.3, -0.25) is 9.59 Å². The van der Waals surface area contributed by atoms with Gasteiger partial charge in [0.25, 0.3) is 5.91 Å². The second kappa shape index (κ2) is 9.72. The number of pyridine rings is 1. The highest BCUT2D eigenvalue weighted by atomic mass is 79.9. The van der Waals surface area contributed by atoms with Crippen LogP contribution in [-0.4, -0.2) is 53.4 Å². The standard InChI is InChI=1S/C20H18BrF4N3O4/c21-17-8-13(19(26)30)16(9-27-17)31-15-5-6-28(10-14(15)22)18(29)7-11-1-3-12(4-2-11)32-20(23,24)25/h1-4,8-9,14-15H,5-7,10H2,(H2,26,30)/t14-,15+/m0/s1. The van der Waals surface area contributed by atoms with Gasteiger partial charge in [0.05, 0.1) is 24.7 Å². The molecule has 0 saturated carbocycles. The van der Waals surface area contributed by atoms with Crippen molar-refractivity contribution in [2.75, 3.05) is 13.1 Å². The number of carbonyl (C=O) groups excluding carboxylic acids is 2. The second-order valence-corrected chi connectivity index (χ2v) is 7.85. The quantitative estimate of drug-likeness (QED) is 0.466. The van der Waals surface area contributed by atoms with Gasteiger partial charge in [0.2, 0.25) is 5.91 Å². The van der Waals surface area contributed by atoms with Crippen LogP contribution in [0.3, 0.4) is 0 Å². The van der Waals surface area contributed by atoms with Gasteiger partial charge in [0, 0.05) is 13.0 Å². The minimum Gasteiger partial charge on any atom is -0.485 e. The molecule has 2 N–H and O–H groups in total. The maximum atomic E-state index is 14.7. The Balaban J connectivity index is 1.57. The van der Waals surface area contributed by atoms with Crippen LogP contribution in [-0.2, 0) is 11.2 Å². The van der Waals surface area contributed by atoms with E-state index in [0.717, 1.165) is 12.1 Å². The Bertz CT molecular complexity index is 988. The number of nitrogens with zero attached hydrogens (tertiary/aromatic N) is 2. The molecule has 0 bridgehead atoms. The van der Waals surface area contributed by atoms with Crippen molar-refractivity contribution < 1.29 is 36.6 Å². The summed E-state index contributed by atoms with van der Waals surface area (Å²) in [5.74, 6) is -1.47. The van der Waals surface area contributed by atoms with E-state index in [1.807, 2.05) is 0 Å². The van der Waals surface area contributed by atoms with E-state index in [2.05, 4.69) is 25.7 Å². The highest BCUT2D eigenvalue weighted by Gasteiger charge is 2.34. The summed E-state index contributed by atoms with van der Waals surface area (Å²) in [5.41, 5.74) is 5.83. The number of ether oxygens (including phenoxy) is 2. The van der Waals surface area contributed by atoms with Crippen LogP contribution in [0.5, 0.6) is 11.5 Å². The highest BCUT2D eigenvalue weighted by Crippen LogP contribution is 2.27. The van der Waals surface area contributed by atoms with Gasteiger partial charge in [-0.25, -0.2) is 9.37 Å². The molecule has 172 valence electrons. The molecule has 0 radical (unpaired) electrons. The number of primary amides is 1. The van der Waals surface area contributed by atoms with Gasteiger partial charge in [-0.15, -0.1) is 13.2 Å². The summed E-state index contributed by atoms with van der Waals surface area (Å²) < 4.78 is 61.2. The van der Waals surface area contributed by atoms with Crippen molar-refractivity contribution in [2.24, 2.45) is 5.73 Å². The SMILES string of the molecule is NC(=O)c1cc(Br)ncc1O[C@@H]1CCN(C(=O)Cc2ccc(OC(F)(F)F)cc2)C[C@@H]1F. The lowest BCUT2D eigenvalue weighted by Crippen LogP contribution is -2.49. The third-order valence-corrected chi connectivity index (χ3v) is 5.16. The number of hydrogen-bond acceptors (Lipinski definition) is 5. The number of benzene rings is 1. The summed E-state index contributed by atoms with van der Waals surface area (Å²) >= 11 is 3.12. The number of rotatable bonds is 6. The Labute approximate surface area is 188 Å². The third-order valence-electron chi connectivity index (χ3n) is 4.72. The van der Waals surface area contributed by atoms with Gasteiger partial charge in [0.15, 0.2) is 11.9 Å². The molecule has 2 heterocycles. The minimum absolute atomic E-state index is 0.0503. The molecule has 0 aliphatic carbocycles. The van der Waals surface area contributed by atoms with Crippen LogP contribution in [0, 0.1) is 0 Å². The summed E-state index contributed by atoms with van der Waals surface area (Å²) in [4.78, 5) is 29.4. The second-order valence-electron chi connectivity index (χ2n) is 7.04. The molecule has 0 spiro atoms. The predicted octanol–water partition coefficient (Wildman–Crippen LogP) is 3.40. The number of likely N-dealkylation sites (tertiary alicyclic amines) is 1. The smallest absolute Gasteiger partial charge is 0.485 e. The van der Waals surface area contributed by atoms with Gasteiger partial charge < -0.3 is 20.1 Å². The van der Waals surface area contributed by atoms with Gasteiger partial charge in [-0.1, -0.05) is 12.1 Å². The normalized spacial score (nSPS) is 18.8. The summed E-state index contributed by atoms with van der Waals surface area (Å²) in [6.07, 6.45) is -5.91. The molecule has 1 aliphatic heterocycles. The van der Waals surface area contributed by atoms with E-state index in [-0.39, 0.29) is 43.2 Å². The van der Waals surface area contributed by atoms with Crippen molar-refractivity contribution in [3.63, 3.8) is 0 Å². The zero-order chi connectivity index (χ0) is 23.5. The lowest BCUT2D eigenvalue weighted by Gasteiger charge is -2.35. The first-order chi connectivity index (χ1) is 15.0. The van der Waals surface area contributed by atoms with Gasteiger partial charge >= 0.3 is 6.36 Å². The molecular formula is C20H18BrF4N3O4. The molecule has 1 aliphatic rings. The van der Waals surface area contributed by atoms with Crippen molar-refractivity contribution in [2.45, 2.75) is 31.5 Å². The summed E-state index contributed by atoms with van der Waals surface area (Å²) in [6, 6.07) is 6.27. The maximum absolute atomic E-state index is 14.7. The molecule has 3 rings (SSSR count). The number of nitrogens with two attached hydrogens (primary N) is 1. The molecule has 1 fully saturated rings. The monoisotopic (exact) mass is 519 g/mol. The number of carbonyl (C=O) groups is 2. The average molecular weight is 520 g/mol. The number of piperidine rings is 1. The molecule has 1 saturated heterocycles. The van der Waals surface area contributed by atoms with Crippen molar-refractivity contribution in [1.82, 2.24) is 9.88 Å². The van der Waals surface area contributed by atoms with E-state index >= 15 is 0 Å².